The highest BCUT2D eigenvalue weighted by atomic mass is 33.1. The summed E-state index contributed by atoms with van der Waals surface area (Å²) in [6.45, 7) is 5.13. The first-order valence-corrected chi connectivity index (χ1v) is 20.2. The molecule has 0 aliphatic heterocycles. The summed E-state index contributed by atoms with van der Waals surface area (Å²) >= 11 is 12.4. The summed E-state index contributed by atoms with van der Waals surface area (Å²) in [5, 5.41) is 0.561. The van der Waals surface area contributed by atoms with Gasteiger partial charge in [0.05, 0.1) is 39.6 Å². The Labute approximate surface area is 246 Å². The van der Waals surface area contributed by atoms with Gasteiger partial charge >= 0.3 is 0 Å². The van der Waals surface area contributed by atoms with E-state index in [1.54, 1.807) is 0 Å². The molecule has 0 saturated heterocycles. The van der Waals surface area contributed by atoms with Crippen LogP contribution in [0.3, 0.4) is 0 Å². The van der Waals surface area contributed by atoms with Crippen molar-refractivity contribution in [3.8, 4) is 0 Å². The van der Waals surface area contributed by atoms with Gasteiger partial charge in [-0.15, -0.1) is 0 Å². The highest BCUT2D eigenvalue weighted by Crippen LogP contribution is 2.36. The van der Waals surface area contributed by atoms with Crippen molar-refractivity contribution in [2.24, 2.45) is 0 Å². The number of hydrogen-bond acceptors (Lipinski definition) is 15. The van der Waals surface area contributed by atoms with Gasteiger partial charge in [-0.1, -0.05) is 64.8 Å². The zero-order valence-corrected chi connectivity index (χ0v) is 27.1. The quantitative estimate of drug-likeness (QED) is 0.0389. The molecular formula is C19H40O6S9. The predicted molar refractivity (Wildman–Crippen MR) is 170 cm³/mol. The van der Waals surface area contributed by atoms with Crippen LogP contribution in [0.5, 0.6) is 0 Å². The van der Waals surface area contributed by atoms with Crippen LogP contribution in [0.1, 0.15) is 6.42 Å². The SMILES string of the molecule is SCCCOCOCCSSCC(CSSCCOCOCCS)SSCCOCOCCS. The van der Waals surface area contributed by atoms with Crippen molar-refractivity contribution in [3.63, 3.8) is 0 Å². The third-order valence-corrected chi connectivity index (χ3v) is 12.0. The van der Waals surface area contributed by atoms with E-state index >= 15 is 0 Å². The molecule has 0 aromatic carbocycles. The summed E-state index contributed by atoms with van der Waals surface area (Å²) in [7, 11) is 11.4. The molecule has 0 heterocycles. The summed E-state index contributed by atoms with van der Waals surface area (Å²) < 4.78 is 32.3. The minimum atomic E-state index is 0.345. The second-order valence-electron chi connectivity index (χ2n) is 6.08. The van der Waals surface area contributed by atoms with Crippen molar-refractivity contribution in [2.75, 3.05) is 106 Å². The molecular weight excluding hydrogens is 613 g/mol. The molecule has 0 spiro atoms. The van der Waals surface area contributed by atoms with Crippen LogP contribution in [-0.2, 0) is 28.4 Å². The Kier molecular flexibility index (Phi) is 36.8. The number of ether oxygens (including phenoxy) is 6. The van der Waals surface area contributed by atoms with Crippen LogP contribution < -0.4 is 0 Å². The lowest BCUT2D eigenvalue weighted by Gasteiger charge is -2.15. The standard InChI is InChI=1S/C19H40O6S9/c26-8-1-2-20-16-23-5-11-29-32-14-19(34-31-13-7-25-18-22-4-10-28)15-33-30-12-6-24-17-21-3-9-27/h19,26-28H,1-18H2. The molecule has 0 aromatic rings. The fourth-order valence-electron chi connectivity index (χ4n) is 1.72. The first-order valence-electron chi connectivity index (χ1n) is 10.9. The fraction of sp³-hybridized carbons (Fsp3) is 1.00. The Hall–Kier alpha value is 2.91. The van der Waals surface area contributed by atoms with E-state index in [2.05, 4.69) is 37.9 Å². The Balaban J connectivity index is 3.84. The van der Waals surface area contributed by atoms with Crippen molar-refractivity contribution in [2.45, 2.75) is 11.7 Å². The van der Waals surface area contributed by atoms with Crippen LogP contribution in [0.25, 0.3) is 0 Å². The van der Waals surface area contributed by atoms with Gasteiger partial charge in [0.2, 0.25) is 0 Å². The molecule has 0 fully saturated rings. The van der Waals surface area contributed by atoms with Crippen molar-refractivity contribution in [1.29, 1.82) is 0 Å². The van der Waals surface area contributed by atoms with E-state index in [1.807, 2.05) is 64.8 Å². The Morgan fingerprint density at radius 1 is 0.471 bits per heavy atom. The Morgan fingerprint density at radius 2 is 0.912 bits per heavy atom. The summed E-state index contributed by atoms with van der Waals surface area (Å²) in [4.78, 5) is 0. The van der Waals surface area contributed by atoms with Gasteiger partial charge in [-0.05, 0) is 12.2 Å². The van der Waals surface area contributed by atoms with Crippen LogP contribution in [0.2, 0.25) is 0 Å². The van der Waals surface area contributed by atoms with E-state index < -0.39 is 0 Å². The molecule has 0 amide bonds. The second-order valence-corrected chi connectivity index (χ2v) is 15.5. The zero-order valence-electron chi connectivity index (χ0n) is 19.5. The molecule has 1 unspecified atom stereocenters. The average Bonchev–Trinajstić information content (AvgIpc) is 2.85. The summed E-state index contributed by atoms with van der Waals surface area (Å²) in [5.41, 5.74) is 0. The van der Waals surface area contributed by atoms with Crippen LogP contribution in [-0.4, -0.2) is 111 Å². The first-order chi connectivity index (χ1) is 16.8. The van der Waals surface area contributed by atoms with Crippen molar-refractivity contribution >= 4 is 103 Å². The highest BCUT2D eigenvalue weighted by Gasteiger charge is 2.11. The van der Waals surface area contributed by atoms with Gasteiger partial charge in [0, 0.05) is 45.5 Å². The molecule has 0 saturated carbocycles. The summed E-state index contributed by atoms with van der Waals surface area (Å²) in [6, 6.07) is 0. The third-order valence-electron chi connectivity index (χ3n) is 3.23. The van der Waals surface area contributed by atoms with E-state index in [0.717, 1.165) is 46.7 Å². The number of thiol groups is 3. The monoisotopic (exact) mass is 652 g/mol. The molecule has 0 bridgehead atoms. The maximum atomic E-state index is 5.50. The summed E-state index contributed by atoms with van der Waals surface area (Å²) in [5.74, 6) is 7.32. The van der Waals surface area contributed by atoms with Gasteiger partial charge in [0.25, 0.3) is 0 Å². The molecule has 1 atom stereocenters. The number of rotatable bonds is 30. The lowest BCUT2D eigenvalue weighted by molar-refractivity contribution is -0.0477. The molecule has 0 radical (unpaired) electrons. The Morgan fingerprint density at radius 3 is 1.38 bits per heavy atom. The predicted octanol–water partition coefficient (Wildman–Crippen LogP) is 5.65. The maximum absolute atomic E-state index is 5.50. The molecule has 206 valence electrons. The molecule has 34 heavy (non-hydrogen) atoms. The minimum absolute atomic E-state index is 0.345. The van der Waals surface area contributed by atoms with Gasteiger partial charge in [0.1, 0.15) is 20.4 Å². The first kappa shape index (κ1) is 36.9. The largest absolute Gasteiger partial charge is 0.355 e. The normalized spacial score (nSPS) is 12.4. The third kappa shape index (κ3) is 31.1. The average molecular weight is 653 g/mol. The van der Waals surface area contributed by atoms with Gasteiger partial charge in [-0.25, -0.2) is 0 Å². The van der Waals surface area contributed by atoms with Gasteiger partial charge < -0.3 is 28.4 Å². The molecule has 15 heteroatoms. The van der Waals surface area contributed by atoms with Gasteiger partial charge in [-0.2, -0.15) is 37.9 Å². The van der Waals surface area contributed by atoms with Crippen molar-refractivity contribution in [3.05, 3.63) is 0 Å². The number of hydrogen-bond donors (Lipinski definition) is 3. The fourth-order valence-corrected chi connectivity index (χ4v) is 10.2. The lowest BCUT2D eigenvalue weighted by Crippen LogP contribution is -2.09. The van der Waals surface area contributed by atoms with E-state index in [1.165, 1.54) is 0 Å². The summed E-state index contributed by atoms with van der Waals surface area (Å²) in [6.07, 6.45) is 0.957. The molecule has 0 aliphatic carbocycles. The Bertz CT molecular complexity index is 381. The lowest BCUT2D eigenvalue weighted by atomic mass is 10.5. The van der Waals surface area contributed by atoms with Crippen LogP contribution in [0, 0.1) is 0 Å². The highest BCUT2D eigenvalue weighted by molar-refractivity contribution is 8.79. The van der Waals surface area contributed by atoms with Crippen molar-refractivity contribution in [1.82, 2.24) is 0 Å². The molecule has 0 N–H and O–H groups in total. The second kappa shape index (κ2) is 33.9. The molecule has 0 rings (SSSR count). The van der Waals surface area contributed by atoms with Crippen molar-refractivity contribution < 1.29 is 28.4 Å². The van der Waals surface area contributed by atoms with Gasteiger partial charge in [0.15, 0.2) is 0 Å². The molecule has 0 aliphatic rings. The zero-order chi connectivity index (χ0) is 24.8. The van der Waals surface area contributed by atoms with E-state index in [0.29, 0.717) is 71.0 Å². The van der Waals surface area contributed by atoms with Gasteiger partial charge in [-0.3, -0.25) is 0 Å². The van der Waals surface area contributed by atoms with E-state index in [9.17, 15) is 0 Å². The maximum Gasteiger partial charge on any atom is 0.146 e. The minimum Gasteiger partial charge on any atom is -0.355 e. The van der Waals surface area contributed by atoms with Crippen LogP contribution >= 0.6 is 103 Å². The topological polar surface area (TPSA) is 55.4 Å². The van der Waals surface area contributed by atoms with E-state index in [4.69, 9.17) is 28.4 Å². The molecule has 6 nitrogen and oxygen atoms in total. The molecule has 0 aromatic heterocycles. The smallest absolute Gasteiger partial charge is 0.146 e. The van der Waals surface area contributed by atoms with E-state index in [-0.39, 0.29) is 0 Å². The van der Waals surface area contributed by atoms with Crippen LogP contribution in [0.4, 0.5) is 0 Å². The van der Waals surface area contributed by atoms with Crippen LogP contribution in [0.15, 0.2) is 0 Å².